The van der Waals surface area contributed by atoms with E-state index in [0.29, 0.717) is 30.2 Å². The fourth-order valence-electron chi connectivity index (χ4n) is 4.24. The second kappa shape index (κ2) is 12.1. The second-order valence-corrected chi connectivity index (χ2v) is 10.8. The van der Waals surface area contributed by atoms with Crippen LogP contribution in [0.1, 0.15) is 26.5 Å². The van der Waals surface area contributed by atoms with Gasteiger partial charge < -0.3 is 19.5 Å². The molecule has 0 spiro atoms. The van der Waals surface area contributed by atoms with Gasteiger partial charge in [0.15, 0.2) is 5.11 Å². The second-order valence-electron chi connectivity index (χ2n) is 10.4. The normalized spacial score (nSPS) is 13.8. The molecule has 3 aromatic rings. The van der Waals surface area contributed by atoms with Crippen LogP contribution in [0.15, 0.2) is 71.2 Å². The minimum absolute atomic E-state index is 0.0341. The third-order valence-corrected chi connectivity index (χ3v) is 6.51. The lowest BCUT2D eigenvalue weighted by Crippen LogP contribution is -2.51. The number of rotatable bonds is 6. The highest BCUT2D eigenvalue weighted by atomic mass is 32.1. The number of non-ortho nitro benzene ring substituents is 1. The van der Waals surface area contributed by atoms with Gasteiger partial charge in [-0.25, -0.2) is 0 Å². The summed E-state index contributed by atoms with van der Waals surface area (Å²) in [5.74, 6) is 0.594. The summed E-state index contributed by atoms with van der Waals surface area (Å²) in [7, 11) is 0. The van der Waals surface area contributed by atoms with Gasteiger partial charge >= 0.3 is 0 Å². The van der Waals surface area contributed by atoms with Crippen LogP contribution in [0, 0.1) is 15.5 Å². The van der Waals surface area contributed by atoms with Crippen molar-refractivity contribution in [2.24, 2.45) is 5.41 Å². The zero-order chi connectivity index (χ0) is 28.9. The molecule has 40 heavy (non-hydrogen) atoms. The maximum atomic E-state index is 12.5. The van der Waals surface area contributed by atoms with E-state index in [1.165, 1.54) is 24.3 Å². The maximum absolute atomic E-state index is 12.5. The van der Waals surface area contributed by atoms with E-state index in [1.54, 1.807) is 24.3 Å². The first-order valence-corrected chi connectivity index (χ1v) is 13.2. The van der Waals surface area contributed by atoms with Crippen LogP contribution >= 0.6 is 12.2 Å². The first kappa shape index (κ1) is 28.5. The fraction of sp³-hybridized carbons (Fsp3) is 0.276. The third-order valence-electron chi connectivity index (χ3n) is 6.30. The summed E-state index contributed by atoms with van der Waals surface area (Å²) in [5.41, 5.74) is 1.93. The van der Waals surface area contributed by atoms with Gasteiger partial charge in [0.1, 0.15) is 11.5 Å². The molecule has 0 unspecified atom stereocenters. The Labute approximate surface area is 237 Å². The lowest BCUT2D eigenvalue weighted by molar-refractivity contribution is -0.384. The number of piperazine rings is 1. The number of benzene rings is 2. The van der Waals surface area contributed by atoms with Crippen molar-refractivity contribution in [2.75, 3.05) is 36.4 Å². The van der Waals surface area contributed by atoms with Crippen molar-refractivity contribution >= 4 is 52.3 Å². The fourth-order valence-corrected chi connectivity index (χ4v) is 4.46. The Morgan fingerprint density at radius 2 is 1.73 bits per heavy atom. The zero-order valence-corrected chi connectivity index (χ0v) is 23.4. The molecule has 2 amide bonds. The monoisotopic (exact) mass is 561 g/mol. The average molecular weight is 562 g/mol. The summed E-state index contributed by atoms with van der Waals surface area (Å²) in [6.07, 6.45) is 2.78. The molecule has 1 fully saturated rings. The molecule has 1 aromatic heterocycles. The summed E-state index contributed by atoms with van der Waals surface area (Å²) in [6, 6.07) is 17.2. The van der Waals surface area contributed by atoms with Crippen LogP contribution in [0.3, 0.4) is 0 Å². The number of nitrogens with zero attached hydrogens (tertiary/aromatic N) is 3. The number of hydrogen-bond donors (Lipinski definition) is 2. The number of thiocarbonyl (C=S) groups is 1. The van der Waals surface area contributed by atoms with Gasteiger partial charge in [-0.3, -0.25) is 25.0 Å². The van der Waals surface area contributed by atoms with Crippen LogP contribution in [-0.2, 0) is 9.59 Å². The molecule has 1 saturated heterocycles. The van der Waals surface area contributed by atoms with Crippen LogP contribution in [0.25, 0.3) is 17.4 Å². The molecule has 2 heterocycles. The lowest BCUT2D eigenvalue weighted by Gasteiger charge is -2.38. The van der Waals surface area contributed by atoms with E-state index in [1.807, 2.05) is 49.9 Å². The van der Waals surface area contributed by atoms with Crippen molar-refractivity contribution in [1.29, 1.82) is 0 Å². The topological polar surface area (TPSA) is 121 Å². The third kappa shape index (κ3) is 7.32. The minimum Gasteiger partial charge on any atom is -0.457 e. The Kier molecular flexibility index (Phi) is 8.64. The van der Waals surface area contributed by atoms with Crippen molar-refractivity contribution in [1.82, 2.24) is 10.2 Å². The molecular weight excluding hydrogens is 530 g/mol. The van der Waals surface area contributed by atoms with Gasteiger partial charge in [0.25, 0.3) is 5.69 Å². The first-order valence-electron chi connectivity index (χ1n) is 12.8. The largest absolute Gasteiger partial charge is 0.457 e. The molecule has 0 saturated carbocycles. The molecule has 0 bridgehead atoms. The summed E-state index contributed by atoms with van der Waals surface area (Å²) < 4.78 is 5.69. The highest BCUT2D eigenvalue weighted by Crippen LogP contribution is 2.26. The van der Waals surface area contributed by atoms with Crippen molar-refractivity contribution in [3.8, 4) is 11.3 Å². The van der Waals surface area contributed by atoms with E-state index >= 15 is 0 Å². The number of furan rings is 1. The number of nitro groups is 1. The molecule has 208 valence electrons. The molecule has 1 aliphatic heterocycles. The van der Waals surface area contributed by atoms with Gasteiger partial charge in [-0.1, -0.05) is 32.9 Å². The predicted molar refractivity (Wildman–Crippen MR) is 159 cm³/mol. The molecule has 0 atom stereocenters. The van der Waals surface area contributed by atoms with Crippen molar-refractivity contribution in [2.45, 2.75) is 20.8 Å². The van der Waals surface area contributed by atoms with E-state index < -0.39 is 10.8 Å². The molecule has 2 aromatic carbocycles. The quantitative estimate of drug-likeness (QED) is 0.185. The average Bonchev–Trinajstić information content (AvgIpc) is 3.41. The smallest absolute Gasteiger partial charge is 0.270 e. The summed E-state index contributed by atoms with van der Waals surface area (Å²) in [6.45, 7) is 8.72. The van der Waals surface area contributed by atoms with E-state index in [0.717, 1.165) is 24.5 Å². The SMILES string of the molecule is CC(C)(C)C(=O)N1CCN(c2ccc(NC(=S)NC(=O)/C=C/c3ccc(-c4cccc([N+](=O)[O-])c4)o3)cc2)CC1. The summed E-state index contributed by atoms with van der Waals surface area (Å²) in [5, 5.41) is 16.7. The van der Waals surface area contributed by atoms with Crippen LogP contribution in [-0.4, -0.2) is 52.9 Å². The van der Waals surface area contributed by atoms with Gasteiger partial charge in [-0.05, 0) is 54.7 Å². The highest BCUT2D eigenvalue weighted by molar-refractivity contribution is 7.80. The molecule has 10 nitrogen and oxygen atoms in total. The Morgan fingerprint density at radius 1 is 1.02 bits per heavy atom. The van der Waals surface area contributed by atoms with Gasteiger partial charge in [-0.2, -0.15) is 0 Å². The number of anilines is 2. The van der Waals surface area contributed by atoms with E-state index in [2.05, 4.69) is 15.5 Å². The number of nitro benzene ring substituents is 1. The summed E-state index contributed by atoms with van der Waals surface area (Å²) in [4.78, 5) is 39.5. The summed E-state index contributed by atoms with van der Waals surface area (Å²) >= 11 is 5.27. The Morgan fingerprint density at radius 3 is 2.38 bits per heavy atom. The van der Waals surface area contributed by atoms with Crippen molar-refractivity contribution < 1.29 is 18.9 Å². The van der Waals surface area contributed by atoms with Crippen molar-refractivity contribution in [3.05, 3.63) is 82.6 Å². The molecule has 2 N–H and O–H groups in total. The van der Waals surface area contributed by atoms with Gasteiger partial charge in [-0.15, -0.1) is 0 Å². The van der Waals surface area contributed by atoms with Crippen molar-refractivity contribution in [3.63, 3.8) is 0 Å². The van der Waals surface area contributed by atoms with Crippen LogP contribution < -0.4 is 15.5 Å². The van der Waals surface area contributed by atoms with E-state index in [-0.39, 0.29) is 22.1 Å². The predicted octanol–water partition coefficient (Wildman–Crippen LogP) is 5.08. The Bertz CT molecular complexity index is 1430. The highest BCUT2D eigenvalue weighted by Gasteiger charge is 2.29. The standard InChI is InChI=1S/C29H31N5O5S/c1-29(2,3)27(36)33-17-15-32(16-18-33)22-9-7-21(8-10-22)30-28(40)31-26(35)14-12-24-11-13-25(39-24)20-5-4-6-23(19-20)34(37)38/h4-14,19H,15-18H2,1-3H3,(H2,30,31,35,40)/b14-12+. The zero-order valence-electron chi connectivity index (χ0n) is 22.5. The number of carbonyl (C=O) groups excluding carboxylic acids is 2. The Hall–Kier alpha value is -4.51. The first-order chi connectivity index (χ1) is 19.0. The van der Waals surface area contributed by atoms with Crippen LogP contribution in [0.4, 0.5) is 17.1 Å². The number of hydrogen-bond acceptors (Lipinski definition) is 7. The number of carbonyl (C=O) groups is 2. The van der Waals surface area contributed by atoms with E-state index in [9.17, 15) is 19.7 Å². The molecule has 4 rings (SSSR count). The van der Waals surface area contributed by atoms with E-state index in [4.69, 9.17) is 16.6 Å². The van der Waals surface area contributed by atoms with Gasteiger partial charge in [0.2, 0.25) is 11.8 Å². The van der Waals surface area contributed by atoms with Crippen LogP contribution in [0.2, 0.25) is 0 Å². The number of amides is 2. The lowest BCUT2D eigenvalue weighted by atomic mass is 9.94. The molecular formula is C29H31N5O5S. The van der Waals surface area contributed by atoms with Gasteiger partial charge in [0.05, 0.1) is 4.92 Å². The van der Waals surface area contributed by atoms with Gasteiger partial charge in [0, 0.05) is 66.7 Å². The molecule has 0 radical (unpaired) electrons. The minimum atomic E-state index is -0.469. The maximum Gasteiger partial charge on any atom is 0.270 e. The number of nitrogens with one attached hydrogen (secondary N) is 2. The molecule has 1 aliphatic rings. The molecule has 11 heteroatoms. The Balaban J connectivity index is 1.25. The van der Waals surface area contributed by atoms with Crippen LogP contribution in [0.5, 0.6) is 0 Å². The molecule has 0 aliphatic carbocycles.